The highest BCUT2D eigenvalue weighted by Crippen LogP contribution is 2.31. The van der Waals surface area contributed by atoms with Gasteiger partial charge in [-0.3, -0.25) is 9.78 Å². The van der Waals surface area contributed by atoms with E-state index >= 15 is 0 Å². The van der Waals surface area contributed by atoms with E-state index in [0.717, 1.165) is 25.7 Å². The van der Waals surface area contributed by atoms with Gasteiger partial charge in [-0.15, -0.1) is 0 Å². The van der Waals surface area contributed by atoms with E-state index in [9.17, 15) is 9.18 Å². The van der Waals surface area contributed by atoms with Crippen LogP contribution in [0.1, 0.15) is 43.0 Å². The van der Waals surface area contributed by atoms with Gasteiger partial charge in [0, 0.05) is 23.7 Å². The number of amides is 1. The third kappa shape index (κ3) is 3.31. The van der Waals surface area contributed by atoms with Crippen LogP contribution in [0.3, 0.4) is 0 Å². The van der Waals surface area contributed by atoms with Crippen molar-refractivity contribution in [3.8, 4) is 5.75 Å². The fraction of sp³-hybridized carbons (Fsp3) is 0.444. The minimum atomic E-state index is -0.512. The SMILES string of the molecule is COc1cc2c(Cl)c(C(=O)N[C@H]3CC[C@H](C)CC3)cnc2cc1F. The Balaban J connectivity index is 1.87. The predicted molar refractivity (Wildman–Crippen MR) is 92.1 cm³/mol. The number of pyridine rings is 1. The normalized spacial score (nSPS) is 20.8. The Morgan fingerprint density at radius 2 is 2.04 bits per heavy atom. The summed E-state index contributed by atoms with van der Waals surface area (Å²) in [6.07, 6.45) is 5.59. The number of carbonyl (C=O) groups is 1. The summed E-state index contributed by atoms with van der Waals surface area (Å²) < 4.78 is 18.7. The Morgan fingerprint density at radius 3 is 2.71 bits per heavy atom. The molecule has 4 nitrogen and oxygen atoms in total. The third-order valence-corrected chi connectivity index (χ3v) is 5.08. The number of aromatic nitrogens is 1. The largest absolute Gasteiger partial charge is 0.494 e. The number of nitrogens with one attached hydrogen (secondary N) is 1. The highest BCUT2D eigenvalue weighted by atomic mass is 35.5. The summed E-state index contributed by atoms with van der Waals surface area (Å²) in [5.41, 5.74) is 0.692. The standard InChI is InChI=1S/C18H20ClFN2O2/c1-10-3-5-11(6-4-10)22-18(23)13-9-21-15-8-14(20)16(24-2)7-12(15)17(13)19/h7-11H,3-6H2,1-2H3,(H,22,23)/t10-,11-. The van der Waals surface area contributed by atoms with Gasteiger partial charge in [0.1, 0.15) is 0 Å². The third-order valence-electron chi connectivity index (χ3n) is 4.67. The van der Waals surface area contributed by atoms with Crippen LogP contribution in [0.2, 0.25) is 5.02 Å². The topological polar surface area (TPSA) is 51.2 Å². The van der Waals surface area contributed by atoms with Gasteiger partial charge in [0.2, 0.25) is 0 Å². The van der Waals surface area contributed by atoms with Gasteiger partial charge in [-0.2, -0.15) is 0 Å². The maximum Gasteiger partial charge on any atom is 0.254 e. The van der Waals surface area contributed by atoms with E-state index in [4.69, 9.17) is 16.3 Å². The fourth-order valence-corrected chi connectivity index (χ4v) is 3.43. The van der Waals surface area contributed by atoms with Crippen LogP contribution in [-0.4, -0.2) is 24.0 Å². The van der Waals surface area contributed by atoms with Gasteiger partial charge in [0.25, 0.3) is 5.91 Å². The molecule has 0 spiro atoms. The van der Waals surface area contributed by atoms with Crippen molar-refractivity contribution in [3.63, 3.8) is 0 Å². The molecule has 1 amide bonds. The predicted octanol–water partition coefficient (Wildman–Crippen LogP) is 4.34. The van der Waals surface area contributed by atoms with Crippen LogP contribution < -0.4 is 10.1 Å². The average molecular weight is 351 g/mol. The van der Waals surface area contributed by atoms with Gasteiger partial charge in [-0.25, -0.2) is 4.39 Å². The second-order valence-corrected chi connectivity index (χ2v) is 6.80. The van der Waals surface area contributed by atoms with Crippen LogP contribution in [0.25, 0.3) is 10.9 Å². The number of carbonyl (C=O) groups excluding carboxylic acids is 1. The molecule has 1 aliphatic carbocycles. The Hall–Kier alpha value is -1.88. The minimum absolute atomic E-state index is 0.0741. The molecule has 2 aromatic rings. The molecule has 1 aromatic heterocycles. The molecule has 0 saturated heterocycles. The average Bonchev–Trinajstić information content (AvgIpc) is 2.56. The molecule has 6 heteroatoms. The summed E-state index contributed by atoms with van der Waals surface area (Å²) in [6, 6.07) is 2.90. The Morgan fingerprint density at radius 1 is 1.33 bits per heavy atom. The molecule has 1 heterocycles. The van der Waals surface area contributed by atoms with Crippen LogP contribution in [-0.2, 0) is 0 Å². The summed E-state index contributed by atoms with van der Waals surface area (Å²) in [6.45, 7) is 2.23. The lowest BCUT2D eigenvalue weighted by atomic mass is 9.87. The number of nitrogens with zero attached hydrogens (tertiary/aromatic N) is 1. The fourth-order valence-electron chi connectivity index (χ4n) is 3.14. The van der Waals surface area contributed by atoms with Gasteiger partial charge in [-0.05, 0) is 37.7 Å². The van der Waals surface area contributed by atoms with Gasteiger partial charge in [0.15, 0.2) is 11.6 Å². The van der Waals surface area contributed by atoms with E-state index in [0.29, 0.717) is 22.4 Å². The van der Waals surface area contributed by atoms with Crippen LogP contribution in [0.15, 0.2) is 18.3 Å². The molecule has 1 aromatic carbocycles. The molecule has 1 aliphatic rings. The first-order valence-corrected chi connectivity index (χ1v) is 8.50. The maximum absolute atomic E-state index is 13.8. The molecule has 0 unspecified atom stereocenters. The lowest BCUT2D eigenvalue weighted by molar-refractivity contribution is 0.0923. The van der Waals surface area contributed by atoms with E-state index < -0.39 is 5.82 Å². The van der Waals surface area contributed by atoms with Crippen molar-refractivity contribution in [3.05, 3.63) is 34.7 Å². The lowest BCUT2D eigenvalue weighted by Gasteiger charge is -2.27. The smallest absolute Gasteiger partial charge is 0.254 e. The van der Waals surface area contributed by atoms with Crippen molar-refractivity contribution in [2.75, 3.05) is 7.11 Å². The van der Waals surface area contributed by atoms with E-state index in [1.165, 1.54) is 25.4 Å². The first-order valence-electron chi connectivity index (χ1n) is 8.12. The second-order valence-electron chi connectivity index (χ2n) is 6.42. The molecule has 1 saturated carbocycles. The van der Waals surface area contributed by atoms with Gasteiger partial charge < -0.3 is 10.1 Å². The Kier molecular flexibility index (Phi) is 4.90. The molecular weight excluding hydrogens is 331 g/mol. The lowest BCUT2D eigenvalue weighted by Crippen LogP contribution is -2.37. The zero-order valence-corrected chi connectivity index (χ0v) is 14.5. The first-order chi connectivity index (χ1) is 11.5. The summed E-state index contributed by atoms with van der Waals surface area (Å²) in [7, 11) is 1.38. The molecule has 3 rings (SSSR count). The van der Waals surface area contributed by atoms with Crippen LogP contribution in [0.4, 0.5) is 4.39 Å². The van der Waals surface area contributed by atoms with Crippen molar-refractivity contribution in [1.29, 1.82) is 0 Å². The number of hydrogen-bond donors (Lipinski definition) is 1. The van der Waals surface area contributed by atoms with Crippen molar-refractivity contribution in [1.82, 2.24) is 10.3 Å². The summed E-state index contributed by atoms with van der Waals surface area (Å²) >= 11 is 6.38. The van der Waals surface area contributed by atoms with Crippen LogP contribution in [0.5, 0.6) is 5.75 Å². The molecule has 0 radical (unpaired) electrons. The maximum atomic E-state index is 13.8. The monoisotopic (exact) mass is 350 g/mol. The highest BCUT2D eigenvalue weighted by molar-refractivity contribution is 6.38. The van der Waals surface area contributed by atoms with Crippen molar-refractivity contribution in [2.24, 2.45) is 5.92 Å². The molecule has 0 bridgehead atoms. The van der Waals surface area contributed by atoms with E-state index in [1.54, 1.807) is 0 Å². The van der Waals surface area contributed by atoms with E-state index in [1.807, 2.05) is 0 Å². The molecule has 1 N–H and O–H groups in total. The molecular formula is C18H20ClFN2O2. The molecule has 128 valence electrons. The van der Waals surface area contributed by atoms with Crippen LogP contribution >= 0.6 is 11.6 Å². The molecule has 1 fully saturated rings. The van der Waals surface area contributed by atoms with Crippen molar-refractivity contribution < 1.29 is 13.9 Å². The number of methoxy groups -OCH3 is 1. The molecule has 0 aliphatic heterocycles. The summed E-state index contributed by atoms with van der Waals surface area (Å²) in [5.74, 6) is 0.0378. The van der Waals surface area contributed by atoms with Gasteiger partial charge in [-0.1, -0.05) is 18.5 Å². The number of rotatable bonds is 3. The van der Waals surface area contributed by atoms with Gasteiger partial charge in [0.05, 0.1) is 23.2 Å². The summed E-state index contributed by atoms with van der Waals surface area (Å²) in [5, 5.41) is 3.80. The second kappa shape index (κ2) is 6.93. The van der Waals surface area contributed by atoms with E-state index in [2.05, 4.69) is 17.2 Å². The highest BCUT2D eigenvalue weighted by Gasteiger charge is 2.22. The van der Waals surface area contributed by atoms with Crippen LogP contribution in [0, 0.1) is 11.7 Å². The Bertz CT molecular complexity index is 773. The first kappa shape index (κ1) is 17.0. The number of hydrogen-bond acceptors (Lipinski definition) is 3. The Labute approximate surface area is 145 Å². The zero-order valence-electron chi connectivity index (χ0n) is 13.7. The number of ether oxygens (including phenoxy) is 1. The number of benzene rings is 1. The van der Waals surface area contributed by atoms with Gasteiger partial charge >= 0.3 is 0 Å². The van der Waals surface area contributed by atoms with Crippen molar-refractivity contribution in [2.45, 2.75) is 38.6 Å². The number of halogens is 2. The molecule has 24 heavy (non-hydrogen) atoms. The van der Waals surface area contributed by atoms with E-state index in [-0.39, 0.29) is 22.7 Å². The molecule has 0 atom stereocenters. The zero-order chi connectivity index (χ0) is 17.3. The summed E-state index contributed by atoms with van der Waals surface area (Å²) in [4.78, 5) is 16.7. The van der Waals surface area contributed by atoms with Crippen molar-refractivity contribution >= 4 is 28.4 Å². The quantitative estimate of drug-likeness (QED) is 0.895. The minimum Gasteiger partial charge on any atom is -0.494 e. The number of fused-ring (bicyclic) bond motifs is 1.